The molecule has 0 bridgehead atoms. The van der Waals surface area contributed by atoms with Gasteiger partial charge in [0.05, 0.1) is 26.2 Å². The Morgan fingerprint density at radius 2 is 0.531 bits per heavy atom. The molecule has 1 aromatic rings. The molecule has 4 N–H and O–H groups in total. The van der Waals surface area contributed by atoms with Crippen LogP contribution in [0, 0.1) is 0 Å². The van der Waals surface area contributed by atoms with Crippen molar-refractivity contribution in [2.24, 2.45) is 0 Å². The van der Waals surface area contributed by atoms with Crippen molar-refractivity contribution in [3.05, 3.63) is 34.4 Å². The van der Waals surface area contributed by atoms with Gasteiger partial charge >= 0.3 is 95.5 Å². The lowest BCUT2D eigenvalue weighted by molar-refractivity contribution is -0.444. The number of nitrogens with zero attached hydrogens (tertiary/aromatic N) is 2. The van der Waals surface area contributed by atoms with Gasteiger partial charge in [-0.3, -0.25) is 29.0 Å². The van der Waals surface area contributed by atoms with E-state index >= 15 is 35.1 Å². The van der Waals surface area contributed by atoms with E-state index in [0.29, 0.717) is 0 Å². The fourth-order valence-corrected chi connectivity index (χ4v) is 4.96. The summed E-state index contributed by atoms with van der Waals surface area (Å²) in [6.07, 6.45) is -16.4. The first-order valence-corrected chi connectivity index (χ1v) is 15.3. The highest BCUT2D eigenvalue weighted by atomic mass is 19.4. The predicted molar refractivity (Wildman–Crippen MR) is 147 cm³/mol. The second-order valence-electron chi connectivity index (χ2n) is 12.8. The number of alkyl halides is 26. The van der Waals surface area contributed by atoms with Crippen molar-refractivity contribution in [3.8, 4) is 0 Å². The topological polar surface area (TPSA) is 156 Å². The van der Waals surface area contributed by atoms with Gasteiger partial charge in [0.2, 0.25) is 0 Å². The van der Waals surface area contributed by atoms with Crippen LogP contribution in [0.15, 0.2) is 12.1 Å². The van der Waals surface area contributed by atoms with E-state index in [1.807, 2.05) is 0 Å². The molecule has 0 saturated carbocycles. The van der Waals surface area contributed by atoms with Gasteiger partial charge in [0.1, 0.15) is 0 Å². The summed E-state index contributed by atoms with van der Waals surface area (Å²) in [5.41, 5.74) is -13.5. The van der Waals surface area contributed by atoms with Crippen molar-refractivity contribution >= 4 is 23.9 Å². The second-order valence-corrected chi connectivity index (χ2v) is 12.8. The van der Waals surface area contributed by atoms with Crippen molar-refractivity contribution in [1.29, 1.82) is 0 Å². The maximum atomic E-state index is 15.7. The molecular weight excluding hydrogens is 986 g/mol. The van der Waals surface area contributed by atoms with Crippen LogP contribution in [0.1, 0.15) is 22.3 Å². The molecular formula is C28H18F26N2O8. The summed E-state index contributed by atoms with van der Waals surface area (Å²) >= 11 is 0. The molecule has 0 radical (unpaired) electrons. The summed E-state index contributed by atoms with van der Waals surface area (Å²) in [6.45, 7) is -12.0. The van der Waals surface area contributed by atoms with Gasteiger partial charge in [-0.05, 0) is 23.3 Å². The predicted octanol–water partition coefficient (Wildman–Crippen LogP) is 8.02. The number of rotatable bonds is 22. The summed E-state index contributed by atoms with van der Waals surface area (Å²) in [7, 11) is 0. The number of benzene rings is 1. The van der Waals surface area contributed by atoms with Crippen LogP contribution in [0.2, 0.25) is 0 Å². The highest BCUT2D eigenvalue weighted by molar-refractivity contribution is 5.73. The van der Waals surface area contributed by atoms with E-state index in [1.165, 1.54) is 0 Å². The molecule has 0 amide bonds. The highest BCUT2D eigenvalue weighted by Gasteiger charge is 2.93. The monoisotopic (exact) mass is 1000 g/mol. The Labute approximate surface area is 333 Å². The van der Waals surface area contributed by atoms with Crippen LogP contribution in [0.25, 0.3) is 0 Å². The summed E-state index contributed by atoms with van der Waals surface area (Å²) < 4.78 is 368. The molecule has 1 aromatic carbocycles. The summed E-state index contributed by atoms with van der Waals surface area (Å²) in [5.74, 6) is -97.9. The fraction of sp³-hybridized carbons (Fsp3) is 0.643. The lowest BCUT2D eigenvalue weighted by atomic mass is 9.82. The molecule has 0 unspecified atom stereocenters. The number of halogens is 26. The molecule has 0 atom stereocenters. The first-order valence-electron chi connectivity index (χ1n) is 15.3. The number of aliphatic carboxylic acids is 4. The maximum absolute atomic E-state index is 15.7. The summed E-state index contributed by atoms with van der Waals surface area (Å²) in [4.78, 5) is 44.5. The molecule has 0 aromatic heterocycles. The van der Waals surface area contributed by atoms with E-state index in [4.69, 9.17) is 20.4 Å². The van der Waals surface area contributed by atoms with Crippen molar-refractivity contribution < 1.29 is 154 Å². The van der Waals surface area contributed by atoms with Gasteiger partial charge in [-0.1, -0.05) is 0 Å². The van der Waals surface area contributed by atoms with Crippen LogP contribution in [-0.2, 0) is 44.1 Å². The third-order valence-electron chi connectivity index (χ3n) is 8.11. The molecule has 0 saturated heterocycles. The first kappa shape index (κ1) is 57.2. The minimum atomic E-state index is -9.15. The Bertz CT molecular complexity index is 1760. The highest BCUT2D eigenvalue weighted by Crippen LogP contribution is 2.66. The van der Waals surface area contributed by atoms with Gasteiger partial charge in [-0.2, -0.15) is 114 Å². The molecule has 370 valence electrons. The van der Waals surface area contributed by atoms with E-state index < -0.39 is 169 Å². The Balaban J connectivity index is 4.94. The molecule has 36 heteroatoms. The number of carbonyl (C=O) groups is 4. The van der Waals surface area contributed by atoms with E-state index in [2.05, 4.69) is 0 Å². The van der Waals surface area contributed by atoms with Gasteiger partial charge in [-0.15, -0.1) is 0 Å². The van der Waals surface area contributed by atoms with Crippen LogP contribution in [-0.4, -0.2) is 140 Å². The molecule has 0 heterocycles. The largest absolute Gasteiger partial charge is 0.480 e. The minimum Gasteiger partial charge on any atom is -0.480 e. The first-order chi connectivity index (χ1) is 27.9. The van der Waals surface area contributed by atoms with Crippen molar-refractivity contribution in [2.75, 3.05) is 26.2 Å². The van der Waals surface area contributed by atoms with Gasteiger partial charge in [-0.25, -0.2) is 0 Å². The zero-order chi connectivity index (χ0) is 51.4. The van der Waals surface area contributed by atoms with Crippen molar-refractivity contribution in [2.45, 2.75) is 84.7 Å². The van der Waals surface area contributed by atoms with Gasteiger partial charge in [0.15, 0.2) is 0 Å². The molecule has 64 heavy (non-hydrogen) atoms. The Hall–Kier alpha value is -4.80. The van der Waals surface area contributed by atoms with Crippen LogP contribution in [0.4, 0.5) is 114 Å². The number of hydrogen-bond acceptors (Lipinski definition) is 6. The van der Waals surface area contributed by atoms with Crippen LogP contribution < -0.4 is 0 Å². The number of hydrogen-bond donors (Lipinski definition) is 4. The van der Waals surface area contributed by atoms with Crippen molar-refractivity contribution in [3.63, 3.8) is 0 Å². The Morgan fingerprint density at radius 3 is 0.703 bits per heavy atom. The Morgan fingerprint density at radius 1 is 0.344 bits per heavy atom. The van der Waals surface area contributed by atoms with E-state index in [0.717, 1.165) is 0 Å². The summed E-state index contributed by atoms with van der Waals surface area (Å²) in [5, 5.41) is 36.1. The average Bonchev–Trinajstić information content (AvgIpc) is 3.05. The molecule has 0 aliphatic rings. The normalized spacial score (nSPS) is 14.9. The average molecular weight is 1000 g/mol. The van der Waals surface area contributed by atoms with Crippen LogP contribution in [0.3, 0.4) is 0 Å². The van der Waals surface area contributed by atoms with E-state index in [1.54, 1.807) is 0 Å². The second kappa shape index (κ2) is 17.2. The zero-order valence-corrected chi connectivity index (χ0v) is 29.5. The zero-order valence-electron chi connectivity index (χ0n) is 29.5. The molecule has 0 spiro atoms. The third kappa shape index (κ3) is 9.60. The van der Waals surface area contributed by atoms with Gasteiger partial charge < -0.3 is 20.4 Å². The smallest absolute Gasteiger partial charge is 0.460 e. The molecule has 0 aliphatic carbocycles. The molecule has 0 aliphatic heterocycles. The third-order valence-corrected chi connectivity index (χ3v) is 8.11. The van der Waals surface area contributed by atoms with Crippen LogP contribution >= 0.6 is 0 Å². The summed E-state index contributed by atoms with van der Waals surface area (Å²) in [6, 6.07) is -3.34. The van der Waals surface area contributed by atoms with Crippen molar-refractivity contribution in [1.82, 2.24) is 9.80 Å². The molecule has 10 nitrogen and oxygen atoms in total. The number of carboxylic acids is 4. The van der Waals surface area contributed by atoms with E-state index in [9.17, 15) is 98.2 Å². The minimum absolute atomic E-state index is 0.310. The van der Waals surface area contributed by atoms with E-state index in [-0.39, 0.29) is 9.80 Å². The molecule has 1 rings (SSSR count). The number of carboxylic acid groups (broad SMARTS) is 4. The fourth-order valence-electron chi connectivity index (χ4n) is 4.96. The Kier molecular flexibility index (Phi) is 15.4. The quantitative estimate of drug-likeness (QED) is 0.0840. The lowest BCUT2D eigenvalue weighted by Crippen LogP contribution is -2.70. The van der Waals surface area contributed by atoms with Crippen LogP contribution in [0.5, 0.6) is 0 Å². The molecule has 0 fully saturated rings. The standard InChI is InChI=1S/C28H18F26N2O8/c29-17(30,19(33,34)21(37,38)23(41,42)25(45,46)27(49,50)51)11-1-9(3-55(5-13(57)58)6-14(59)60)10(4-56(7-15(61)62)8-16(63)64)2-12(11)18(31,32)20(35,36)22(39,40)24(43,44)26(47,48)28(52,53)54/h1-2H,3-8H2,(H,57,58)(H,59,60)(H,61,62)(H,63,64). The SMILES string of the molecule is O=C(O)CN(CC(=O)O)Cc1cc(C(F)(F)C(F)(F)C(F)(F)C(F)(F)C(F)(F)C(F)(F)F)c(C(F)(F)C(F)(F)C(F)(F)C(F)(F)C(F)(F)C(F)(F)F)cc1CN(CC(=O)O)CC(=O)O. The van der Waals surface area contributed by atoms with Gasteiger partial charge in [0.25, 0.3) is 0 Å². The lowest BCUT2D eigenvalue weighted by Gasteiger charge is -2.42. The maximum Gasteiger partial charge on any atom is 0.460 e. The van der Waals surface area contributed by atoms with Gasteiger partial charge in [0, 0.05) is 24.2 Å².